The summed E-state index contributed by atoms with van der Waals surface area (Å²) in [7, 11) is 0. The van der Waals surface area contributed by atoms with Gasteiger partial charge in [0, 0.05) is 11.4 Å². The molecule has 4 heterocycles. The smallest absolute Gasteiger partial charge is 0.208 e. The number of benzene rings is 1. The molecule has 4 aliphatic heterocycles. The fourth-order valence-electron chi connectivity index (χ4n) is 4.53. The lowest BCUT2D eigenvalue weighted by Gasteiger charge is -2.28. The van der Waals surface area contributed by atoms with Crippen molar-refractivity contribution >= 4 is 11.4 Å². The maximum atomic E-state index is 5.92. The van der Waals surface area contributed by atoms with Crippen molar-refractivity contribution < 1.29 is 9.47 Å². The first-order chi connectivity index (χ1) is 13.5. The monoisotopic (exact) mass is 382 g/mol. The zero-order valence-electron chi connectivity index (χ0n) is 17.2. The number of hydrogen-bond acceptors (Lipinski definition) is 6. The Bertz CT molecular complexity index is 755. The van der Waals surface area contributed by atoms with Crippen LogP contribution >= 0.6 is 0 Å². The first kappa shape index (κ1) is 17.6. The molecule has 4 aliphatic rings. The lowest BCUT2D eigenvalue weighted by molar-refractivity contribution is 0.243. The third kappa shape index (κ3) is 2.77. The van der Waals surface area contributed by atoms with E-state index in [0.717, 1.165) is 38.3 Å². The molecule has 28 heavy (non-hydrogen) atoms. The number of anilines is 2. The van der Waals surface area contributed by atoms with Crippen LogP contribution in [0.15, 0.2) is 48.4 Å². The Hall–Kier alpha value is -2.50. The predicted molar refractivity (Wildman–Crippen MR) is 110 cm³/mol. The largest absolute Gasteiger partial charge is 0.476 e. The Morgan fingerprint density at radius 3 is 1.68 bits per heavy atom. The highest BCUT2D eigenvalue weighted by molar-refractivity contribution is 5.63. The summed E-state index contributed by atoms with van der Waals surface area (Å²) in [6, 6.07) is 9.65. The van der Waals surface area contributed by atoms with Crippen molar-refractivity contribution in [3.05, 3.63) is 48.4 Å². The fourth-order valence-corrected chi connectivity index (χ4v) is 4.53. The molecule has 2 atom stereocenters. The zero-order chi connectivity index (χ0) is 19.4. The number of nitrogens with zero attached hydrogens (tertiary/aromatic N) is 4. The van der Waals surface area contributed by atoms with Gasteiger partial charge in [0.2, 0.25) is 11.8 Å². The Morgan fingerprint density at radius 2 is 1.25 bits per heavy atom. The van der Waals surface area contributed by atoms with Crippen molar-refractivity contribution in [3.8, 4) is 0 Å². The molecular formula is C22H30N4O2. The SMILES string of the molecule is CC(C)[C@H]1COC2=CN(c3cccc(N4C=C5OC[C@H](C(C)C)N5C4)c3)CN21. The van der Waals surface area contributed by atoms with E-state index in [1.807, 2.05) is 0 Å². The van der Waals surface area contributed by atoms with E-state index in [0.29, 0.717) is 23.9 Å². The van der Waals surface area contributed by atoms with E-state index >= 15 is 0 Å². The quantitative estimate of drug-likeness (QED) is 0.792. The van der Waals surface area contributed by atoms with Crippen molar-refractivity contribution in [2.75, 3.05) is 36.4 Å². The highest BCUT2D eigenvalue weighted by Gasteiger charge is 2.38. The molecule has 6 nitrogen and oxygen atoms in total. The molecule has 2 saturated heterocycles. The van der Waals surface area contributed by atoms with E-state index < -0.39 is 0 Å². The van der Waals surface area contributed by atoms with Crippen molar-refractivity contribution in [1.29, 1.82) is 0 Å². The molecule has 0 unspecified atom stereocenters. The van der Waals surface area contributed by atoms with Crippen LogP contribution in [-0.2, 0) is 9.47 Å². The summed E-state index contributed by atoms with van der Waals surface area (Å²) >= 11 is 0. The summed E-state index contributed by atoms with van der Waals surface area (Å²) in [5, 5.41) is 0. The molecule has 150 valence electrons. The van der Waals surface area contributed by atoms with Crippen LogP contribution in [0.5, 0.6) is 0 Å². The first-order valence-corrected chi connectivity index (χ1v) is 10.4. The first-order valence-electron chi connectivity index (χ1n) is 10.4. The fraction of sp³-hybridized carbons (Fsp3) is 0.545. The van der Waals surface area contributed by atoms with Gasteiger partial charge < -0.3 is 29.1 Å². The van der Waals surface area contributed by atoms with Gasteiger partial charge in [-0.05, 0) is 30.0 Å². The van der Waals surface area contributed by atoms with Gasteiger partial charge in [-0.3, -0.25) is 0 Å². The van der Waals surface area contributed by atoms with E-state index in [9.17, 15) is 0 Å². The molecule has 1 aromatic rings. The van der Waals surface area contributed by atoms with Gasteiger partial charge >= 0.3 is 0 Å². The van der Waals surface area contributed by atoms with E-state index in [2.05, 4.69) is 84.0 Å². The van der Waals surface area contributed by atoms with E-state index in [-0.39, 0.29) is 0 Å². The van der Waals surface area contributed by atoms with Gasteiger partial charge in [0.25, 0.3) is 0 Å². The van der Waals surface area contributed by atoms with Crippen molar-refractivity contribution in [3.63, 3.8) is 0 Å². The molecule has 1 aromatic carbocycles. The Balaban J connectivity index is 1.34. The Morgan fingerprint density at radius 1 is 0.786 bits per heavy atom. The number of rotatable bonds is 4. The number of ether oxygens (including phenoxy) is 2. The van der Waals surface area contributed by atoms with Crippen LogP contribution in [0.4, 0.5) is 11.4 Å². The van der Waals surface area contributed by atoms with Crippen LogP contribution in [0.2, 0.25) is 0 Å². The molecule has 0 bridgehead atoms. The van der Waals surface area contributed by atoms with Crippen LogP contribution in [-0.4, -0.2) is 48.4 Å². The maximum Gasteiger partial charge on any atom is 0.208 e. The van der Waals surface area contributed by atoms with E-state index in [1.54, 1.807) is 0 Å². The summed E-state index contributed by atoms with van der Waals surface area (Å²) in [4.78, 5) is 9.33. The van der Waals surface area contributed by atoms with Gasteiger partial charge in [0.05, 0.1) is 37.8 Å². The molecule has 2 fully saturated rings. The molecule has 5 rings (SSSR count). The van der Waals surface area contributed by atoms with Gasteiger partial charge in [0.1, 0.15) is 13.2 Å². The third-order valence-electron chi connectivity index (χ3n) is 6.34. The van der Waals surface area contributed by atoms with Crippen LogP contribution in [0.3, 0.4) is 0 Å². The van der Waals surface area contributed by atoms with Crippen molar-refractivity contribution in [2.24, 2.45) is 11.8 Å². The minimum absolute atomic E-state index is 0.458. The molecule has 0 N–H and O–H groups in total. The second-order valence-electron chi connectivity index (χ2n) is 8.86. The standard InChI is InChI=1S/C22H30N4O2/c1-15(2)19-11-27-21-9-23(13-25(19)21)17-6-5-7-18(8-17)24-10-22-26(14-24)20(12-28-22)16(3)4/h5-10,15-16,19-20H,11-14H2,1-4H3/t19-,20-/m1/s1. The third-order valence-corrected chi connectivity index (χ3v) is 6.34. The molecule has 0 aliphatic carbocycles. The molecule has 0 saturated carbocycles. The average Bonchev–Trinajstić information content (AvgIpc) is 3.40. The van der Waals surface area contributed by atoms with Crippen LogP contribution < -0.4 is 9.80 Å². The minimum atomic E-state index is 0.458. The van der Waals surface area contributed by atoms with Crippen LogP contribution in [0.25, 0.3) is 0 Å². The van der Waals surface area contributed by atoms with Gasteiger partial charge in [-0.25, -0.2) is 0 Å². The van der Waals surface area contributed by atoms with E-state index in [4.69, 9.17) is 9.47 Å². The summed E-state index contributed by atoms with van der Waals surface area (Å²) < 4.78 is 11.8. The highest BCUT2D eigenvalue weighted by Crippen LogP contribution is 2.36. The number of fused-ring (bicyclic) bond motifs is 2. The van der Waals surface area contributed by atoms with Crippen molar-refractivity contribution in [1.82, 2.24) is 9.80 Å². The maximum absolute atomic E-state index is 5.92. The Labute approximate surface area is 167 Å². The van der Waals surface area contributed by atoms with Crippen LogP contribution in [0, 0.1) is 11.8 Å². The summed E-state index contributed by atoms with van der Waals surface area (Å²) in [5.74, 6) is 3.16. The van der Waals surface area contributed by atoms with Gasteiger partial charge in [-0.1, -0.05) is 33.8 Å². The van der Waals surface area contributed by atoms with Crippen molar-refractivity contribution in [2.45, 2.75) is 39.8 Å². The zero-order valence-corrected chi connectivity index (χ0v) is 17.2. The second kappa shape index (κ2) is 6.54. The number of hydrogen-bond donors (Lipinski definition) is 0. The molecule has 0 spiro atoms. The van der Waals surface area contributed by atoms with Gasteiger partial charge in [0.15, 0.2) is 0 Å². The molecule has 6 heteroatoms. The second-order valence-corrected chi connectivity index (χ2v) is 8.86. The normalized spacial score (nSPS) is 25.9. The lowest BCUT2D eigenvalue weighted by atomic mass is 10.1. The molecular weight excluding hydrogens is 352 g/mol. The molecule has 0 aromatic heterocycles. The van der Waals surface area contributed by atoms with Gasteiger partial charge in [-0.2, -0.15) is 0 Å². The van der Waals surface area contributed by atoms with Gasteiger partial charge in [-0.15, -0.1) is 0 Å². The Kier molecular flexibility index (Phi) is 4.11. The summed E-state index contributed by atoms with van der Waals surface area (Å²) in [6.07, 6.45) is 4.28. The highest BCUT2D eigenvalue weighted by atomic mass is 16.5. The predicted octanol–water partition coefficient (Wildman–Crippen LogP) is 3.55. The molecule has 0 radical (unpaired) electrons. The van der Waals surface area contributed by atoms with E-state index in [1.165, 1.54) is 11.4 Å². The average molecular weight is 383 g/mol. The van der Waals surface area contributed by atoms with Crippen LogP contribution in [0.1, 0.15) is 27.7 Å². The minimum Gasteiger partial charge on any atom is -0.476 e. The molecule has 0 amide bonds. The summed E-state index contributed by atoms with van der Waals surface area (Å²) in [5.41, 5.74) is 2.38. The lowest BCUT2D eigenvalue weighted by Crippen LogP contribution is -2.37. The topological polar surface area (TPSA) is 31.4 Å². The summed E-state index contributed by atoms with van der Waals surface area (Å²) in [6.45, 7) is 12.4.